The standard InChI is InChI=1S/C29H37ClN8O3/c1-2-41-24-10-8-21(9-11-24)18-32-27(39)16-23-19-36(29(40)33-22-6-4-3-5-7-22)14-15-38(23)26-17-25(30)34-28(35-26)37-13-12-31-20-37/h8-13,17,20,22-23H,2-7,14-16,18-19H2,1H3,(H,32,39)(H,33,40). The molecule has 11 nitrogen and oxygen atoms in total. The number of urea groups is 1. The van der Waals surface area contributed by atoms with Gasteiger partial charge in [0.1, 0.15) is 23.0 Å². The Bertz CT molecular complexity index is 1300. The number of aromatic nitrogens is 4. The van der Waals surface area contributed by atoms with E-state index in [1.54, 1.807) is 29.4 Å². The number of hydrogen-bond acceptors (Lipinski definition) is 7. The highest BCUT2D eigenvalue weighted by Gasteiger charge is 2.33. The van der Waals surface area contributed by atoms with Crippen LogP contribution in [0.5, 0.6) is 5.75 Å². The van der Waals surface area contributed by atoms with E-state index >= 15 is 0 Å². The molecule has 2 aliphatic rings. The molecule has 1 aromatic carbocycles. The van der Waals surface area contributed by atoms with Crippen molar-refractivity contribution >= 4 is 29.4 Å². The quantitative estimate of drug-likeness (QED) is 0.368. The van der Waals surface area contributed by atoms with Crippen molar-refractivity contribution in [3.05, 3.63) is 59.8 Å². The van der Waals surface area contributed by atoms with Crippen molar-refractivity contribution in [2.45, 2.75) is 64.1 Å². The smallest absolute Gasteiger partial charge is 0.317 e. The van der Waals surface area contributed by atoms with Gasteiger partial charge in [-0.15, -0.1) is 0 Å². The number of nitrogens with one attached hydrogen (secondary N) is 2. The molecule has 1 unspecified atom stereocenters. The van der Waals surface area contributed by atoms with Gasteiger partial charge in [0.15, 0.2) is 0 Å². The van der Waals surface area contributed by atoms with Crippen LogP contribution in [0.3, 0.4) is 0 Å². The molecule has 1 saturated carbocycles. The van der Waals surface area contributed by atoms with Crippen LogP contribution >= 0.6 is 11.6 Å². The lowest BCUT2D eigenvalue weighted by Crippen LogP contribution is -2.59. The Morgan fingerprint density at radius 1 is 1.10 bits per heavy atom. The number of ether oxygens (including phenoxy) is 1. The highest BCUT2D eigenvalue weighted by Crippen LogP contribution is 2.25. The normalized spacial score (nSPS) is 17.8. The van der Waals surface area contributed by atoms with Gasteiger partial charge in [-0.2, -0.15) is 4.98 Å². The summed E-state index contributed by atoms with van der Waals surface area (Å²) in [6, 6.07) is 9.21. The number of carbonyl (C=O) groups is 2. The van der Waals surface area contributed by atoms with Gasteiger partial charge in [-0.25, -0.2) is 14.8 Å². The van der Waals surface area contributed by atoms with Crippen LogP contribution in [0.4, 0.5) is 10.6 Å². The lowest BCUT2D eigenvalue weighted by molar-refractivity contribution is -0.121. The predicted molar refractivity (Wildman–Crippen MR) is 156 cm³/mol. The summed E-state index contributed by atoms with van der Waals surface area (Å²) in [4.78, 5) is 43.4. The zero-order valence-corrected chi connectivity index (χ0v) is 24.1. The number of amides is 3. The van der Waals surface area contributed by atoms with Crippen LogP contribution in [0.15, 0.2) is 49.1 Å². The molecule has 0 bridgehead atoms. The van der Waals surface area contributed by atoms with E-state index in [0.717, 1.165) is 37.0 Å². The van der Waals surface area contributed by atoms with Crippen molar-refractivity contribution in [2.75, 3.05) is 31.1 Å². The van der Waals surface area contributed by atoms with Gasteiger partial charge in [0.2, 0.25) is 11.9 Å². The van der Waals surface area contributed by atoms with Crippen molar-refractivity contribution in [3.63, 3.8) is 0 Å². The molecule has 3 aromatic rings. The van der Waals surface area contributed by atoms with Crippen LogP contribution in [-0.2, 0) is 11.3 Å². The number of halogens is 1. The zero-order chi connectivity index (χ0) is 28.6. The minimum atomic E-state index is -0.303. The molecular weight excluding hydrogens is 544 g/mol. The minimum absolute atomic E-state index is 0.0730. The SMILES string of the molecule is CCOc1ccc(CNC(=O)CC2CN(C(=O)NC3CCCCC3)CCN2c2cc(Cl)nc(-n3ccnc3)n2)cc1. The Balaban J connectivity index is 1.29. The second-order valence-corrected chi connectivity index (χ2v) is 10.8. The van der Waals surface area contributed by atoms with E-state index in [-0.39, 0.29) is 35.6 Å². The first-order valence-electron chi connectivity index (χ1n) is 14.3. The molecule has 1 aliphatic heterocycles. The minimum Gasteiger partial charge on any atom is -0.494 e. The van der Waals surface area contributed by atoms with Crippen molar-refractivity contribution in [1.29, 1.82) is 0 Å². The highest BCUT2D eigenvalue weighted by atomic mass is 35.5. The van der Waals surface area contributed by atoms with Crippen molar-refractivity contribution < 1.29 is 14.3 Å². The Kier molecular flexibility index (Phi) is 9.55. The molecule has 2 fully saturated rings. The van der Waals surface area contributed by atoms with Gasteiger partial charge in [-0.05, 0) is 37.5 Å². The van der Waals surface area contributed by atoms with Crippen molar-refractivity contribution in [3.8, 4) is 11.7 Å². The number of anilines is 1. The van der Waals surface area contributed by atoms with Gasteiger partial charge in [0.05, 0.1) is 12.6 Å². The lowest BCUT2D eigenvalue weighted by Gasteiger charge is -2.42. The molecule has 12 heteroatoms. The summed E-state index contributed by atoms with van der Waals surface area (Å²) in [5, 5.41) is 6.53. The first-order valence-corrected chi connectivity index (χ1v) is 14.7. The predicted octanol–water partition coefficient (Wildman–Crippen LogP) is 3.95. The maximum Gasteiger partial charge on any atom is 0.317 e. The number of hydrogen-bond donors (Lipinski definition) is 2. The molecule has 2 aromatic heterocycles. The van der Waals surface area contributed by atoms with Crippen LogP contribution in [-0.4, -0.2) is 74.7 Å². The number of carbonyl (C=O) groups excluding carboxylic acids is 2. The van der Waals surface area contributed by atoms with Crippen LogP contribution in [0.25, 0.3) is 5.95 Å². The molecule has 1 atom stereocenters. The molecule has 5 rings (SSSR count). The third kappa shape index (κ3) is 7.66. The first kappa shape index (κ1) is 28.7. The molecule has 1 saturated heterocycles. The number of imidazole rings is 1. The summed E-state index contributed by atoms with van der Waals surface area (Å²) in [7, 11) is 0. The highest BCUT2D eigenvalue weighted by molar-refractivity contribution is 6.29. The van der Waals surface area contributed by atoms with Crippen molar-refractivity contribution in [2.24, 2.45) is 0 Å². The Labute approximate surface area is 245 Å². The average Bonchev–Trinajstić information content (AvgIpc) is 3.53. The molecule has 3 heterocycles. The number of rotatable bonds is 9. The molecule has 3 amide bonds. The number of benzene rings is 1. The molecular formula is C29H37ClN8O3. The molecule has 1 aliphatic carbocycles. The molecule has 0 radical (unpaired) electrons. The van der Waals surface area contributed by atoms with Crippen LogP contribution < -0.4 is 20.3 Å². The first-order chi connectivity index (χ1) is 20.0. The molecule has 2 N–H and O–H groups in total. The Morgan fingerprint density at radius 2 is 1.90 bits per heavy atom. The van der Waals surface area contributed by atoms with Crippen LogP contribution in [0.1, 0.15) is 51.0 Å². The van der Waals surface area contributed by atoms with E-state index in [1.807, 2.05) is 36.1 Å². The van der Waals surface area contributed by atoms with E-state index in [9.17, 15) is 9.59 Å². The summed E-state index contributed by atoms with van der Waals surface area (Å²) in [5.41, 5.74) is 0.975. The van der Waals surface area contributed by atoms with Gasteiger partial charge in [0, 0.05) is 57.1 Å². The second-order valence-electron chi connectivity index (χ2n) is 10.5. The maximum absolute atomic E-state index is 13.2. The monoisotopic (exact) mass is 580 g/mol. The summed E-state index contributed by atoms with van der Waals surface area (Å²) in [6.07, 6.45) is 10.7. The van der Waals surface area contributed by atoms with E-state index in [4.69, 9.17) is 21.3 Å². The Morgan fingerprint density at radius 3 is 2.63 bits per heavy atom. The number of piperazine rings is 1. The third-order valence-electron chi connectivity index (χ3n) is 7.55. The van der Waals surface area contributed by atoms with Crippen molar-refractivity contribution in [1.82, 2.24) is 35.1 Å². The molecule has 41 heavy (non-hydrogen) atoms. The van der Waals surface area contributed by atoms with E-state index in [0.29, 0.717) is 44.6 Å². The fraction of sp³-hybridized carbons (Fsp3) is 0.483. The van der Waals surface area contributed by atoms with Crippen LogP contribution in [0, 0.1) is 0 Å². The fourth-order valence-electron chi connectivity index (χ4n) is 5.42. The van der Waals surface area contributed by atoms with Gasteiger partial charge >= 0.3 is 6.03 Å². The fourth-order valence-corrected chi connectivity index (χ4v) is 5.59. The van der Waals surface area contributed by atoms with Gasteiger partial charge < -0.3 is 25.2 Å². The largest absolute Gasteiger partial charge is 0.494 e. The average molecular weight is 581 g/mol. The zero-order valence-electron chi connectivity index (χ0n) is 23.3. The summed E-state index contributed by atoms with van der Waals surface area (Å²) in [5.74, 6) is 1.68. The van der Waals surface area contributed by atoms with Gasteiger partial charge in [-0.3, -0.25) is 9.36 Å². The second kappa shape index (κ2) is 13.7. The van der Waals surface area contributed by atoms with E-state index in [2.05, 4.69) is 25.5 Å². The van der Waals surface area contributed by atoms with Gasteiger partial charge in [-0.1, -0.05) is 43.0 Å². The van der Waals surface area contributed by atoms with Gasteiger partial charge in [0.25, 0.3) is 0 Å². The summed E-state index contributed by atoms with van der Waals surface area (Å²) < 4.78 is 7.19. The van der Waals surface area contributed by atoms with E-state index < -0.39 is 0 Å². The number of nitrogens with zero attached hydrogens (tertiary/aromatic N) is 6. The molecule has 0 spiro atoms. The summed E-state index contributed by atoms with van der Waals surface area (Å²) in [6.45, 7) is 4.34. The Hall–Kier alpha value is -3.86. The lowest BCUT2D eigenvalue weighted by atomic mass is 9.96. The van der Waals surface area contributed by atoms with E-state index in [1.165, 1.54) is 6.42 Å². The molecule has 218 valence electrons. The topological polar surface area (TPSA) is 118 Å². The van der Waals surface area contributed by atoms with Crippen LogP contribution in [0.2, 0.25) is 5.15 Å². The summed E-state index contributed by atoms with van der Waals surface area (Å²) >= 11 is 6.40. The third-order valence-corrected chi connectivity index (χ3v) is 7.74. The maximum atomic E-state index is 13.2.